The first-order chi connectivity index (χ1) is 12.0. The Hall–Kier alpha value is -3.09. The molecule has 2 aromatic heterocycles. The molecule has 0 bridgehead atoms. The molecule has 2 heterocycles. The lowest BCUT2D eigenvalue weighted by molar-refractivity contribution is 0.0597. The first-order valence-corrected chi connectivity index (χ1v) is 7.88. The summed E-state index contributed by atoms with van der Waals surface area (Å²) < 4.78 is 10.1. The molecule has 3 aromatic rings. The summed E-state index contributed by atoms with van der Waals surface area (Å²) in [6, 6.07) is 7.28. The third kappa shape index (κ3) is 3.26. The Kier molecular flexibility index (Phi) is 4.56. The fourth-order valence-electron chi connectivity index (χ4n) is 2.72. The number of aryl methyl sites for hydroxylation is 1. The number of H-pyrrole nitrogens is 1. The number of nitrogens with zero attached hydrogens (tertiary/aromatic N) is 2. The zero-order valence-electron chi connectivity index (χ0n) is 14.6. The normalized spacial score (nSPS) is 12.0. The number of esters is 1. The van der Waals surface area contributed by atoms with E-state index in [-0.39, 0.29) is 6.04 Å². The fraction of sp³-hybridized carbons (Fsp3) is 0.278. The van der Waals surface area contributed by atoms with Crippen LogP contribution in [0.5, 0.6) is 5.75 Å². The second-order valence-corrected chi connectivity index (χ2v) is 5.68. The fourth-order valence-corrected chi connectivity index (χ4v) is 2.72. The Balaban J connectivity index is 1.94. The smallest absolute Gasteiger partial charge is 0.341 e. The monoisotopic (exact) mass is 340 g/mol. The highest BCUT2D eigenvalue weighted by atomic mass is 16.5. The Morgan fingerprint density at radius 3 is 2.76 bits per heavy atom. The van der Waals surface area contributed by atoms with Crippen molar-refractivity contribution in [2.45, 2.75) is 19.9 Å². The Bertz CT molecular complexity index is 920. The number of carbonyl (C=O) groups excluding carboxylic acids is 1. The Morgan fingerprint density at radius 2 is 2.04 bits per heavy atom. The molecule has 7 nitrogen and oxygen atoms in total. The van der Waals surface area contributed by atoms with Crippen molar-refractivity contribution in [2.24, 2.45) is 0 Å². The van der Waals surface area contributed by atoms with E-state index in [4.69, 9.17) is 9.47 Å². The molecular formula is C18H20N4O3. The standard InChI is InChI=1S/C18H20N4O3/c1-10(12-5-6-15(24-3)14(9-12)18(23)25-4)20-17-13-7-8-19-16(13)21-11(2)22-17/h5-10H,1-4H3,(H2,19,20,21,22)/t10-/m0/s1. The van der Waals surface area contributed by atoms with Gasteiger partial charge in [-0.1, -0.05) is 6.07 Å². The van der Waals surface area contributed by atoms with Crippen LogP contribution in [-0.2, 0) is 4.74 Å². The molecule has 0 aliphatic carbocycles. The van der Waals surface area contributed by atoms with Gasteiger partial charge in [-0.05, 0) is 37.6 Å². The van der Waals surface area contributed by atoms with E-state index < -0.39 is 5.97 Å². The summed E-state index contributed by atoms with van der Waals surface area (Å²) >= 11 is 0. The molecule has 0 aliphatic rings. The van der Waals surface area contributed by atoms with E-state index in [2.05, 4.69) is 20.3 Å². The van der Waals surface area contributed by atoms with Crippen molar-refractivity contribution in [3.05, 3.63) is 47.4 Å². The van der Waals surface area contributed by atoms with Gasteiger partial charge >= 0.3 is 5.97 Å². The van der Waals surface area contributed by atoms with Gasteiger partial charge in [0.2, 0.25) is 0 Å². The van der Waals surface area contributed by atoms with Crippen LogP contribution < -0.4 is 10.1 Å². The number of aromatic nitrogens is 3. The topological polar surface area (TPSA) is 89.1 Å². The predicted octanol–water partition coefficient (Wildman–Crippen LogP) is 3.23. The number of fused-ring (bicyclic) bond motifs is 1. The van der Waals surface area contributed by atoms with Crippen molar-refractivity contribution in [1.82, 2.24) is 15.0 Å². The maximum atomic E-state index is 12.0. The van der Waals surface area contributed by atoms with Gasteiger partial charge in [0.1, 0.15) is 28.6 Å². The molecule has 0 spiro atoms. The number of hydrogen-bond donors (Lipinski definition) is 2. The largest absolute Gasteiger partial charge is 0.496 e. The van der Waals surface area contributed by atoms with E-state index in [0.717, 1.165) is 22.4 Å². The van der Waals surface area contributed by atoms with E-state index in [0.29, 0.717) is 17.1 Å². The minimum Gasteiger partial charge on any atom is -0.496 e. The zero-order valence-corrected chi connectivity index (χ0v) is 14.6. The van der Waals surface area contributed by atoms with Crippen molar-refractivity contribution in [3.8, 4) is 5.75 Å². The van der Waals surface area contributed by atoms with E-state index in [1.54, 1.807) is 12.1 Å². The van der Waals surface area contributed by atoms with Crippen LogP contribution in [0.2, 0.25) is 0 Å². The van der Waals surface area contributed by atoms with Gasteiger partial charge in [0.25, 0.3) is 0 Å². The van der Waals surface area contributed by atoms with Gasteiger partial charge < -0.3 is 19.8 Å². The molecule has 0 saturated heterocycles. The lowest BCUT2D eigenvalue weighted by Gasteiger charge is -2.17. The van der Waals surface area contributed by atoms with Gasteiger partial charge in [0.15, 0.2) is 0 Å². The average molecular weight is 340 g/mol. The van der Waals surface area contributed by atoms with Crippen LogP contribution in [0.3, 0.4) is 0 Å². The molecule has 25 heavy (non-hydrogen) atoms. The number of anilines is 1. The number of ether oxygens (including phenoxy) is 2. The third-order valence-corrected chi connectivity index (χ3v) is 4.01. The second kappa shape index (κ2) is 6.80. The van der Waals surface area contributed by atoms with E-state index in [9.17, 15) is 4.79 Å². The molecule has 1 atom stereocenters. The summed E-state index contributed by atoms with van der Waals surface area (Å²) in [6.45, 7) is 3.84. The highest BCUT2D eigenvalue weighted by molar-refractivity contribution is 5.93. The lowest BCUT2D eigenvalue weighted by atomic mass is 10.0. The van der Waals surface area contributed by atoms with Crippen LogP contribution >= 0.6 is 0 Å². The SMILES string of the molecule is COC(=O)c1cc([C@H](C)Nc2nc(C)nc3[nH]ccc23)ccc1OC. The number of carbonyl (C=O) groups is 1. The van der Waals surface area contributed by atoms with Crippen LogP contribution in [0, 0.1) is 6.92 Å². The van der Waals surface area contributed by atoms with Gasteiger partial charge in [0, 0.05) is 12.2 Å². The van der Waals surface area contributed by atoms with E-state index in [1.807, 2.05) is 32.2 Å². The lowest BCUT2D eigenvalue weighted by Crippen LogP contribution is -2.11. The van der Waals surface area contributed by atoms with Gasteiger partial charge in [-0.3, -0.25) is 0 Å². The molecule has 0 unspecified atom stereocenters. The van der Waals surface area contributed by atoms with Gasteiger partial charge in [0.05, 0.1) is 19.6 Å². The van der Waals surface area contributed by atoms with E-state index >= 15 is 0 Å². The number of hydrogen-bond acceptors (Lipinski definition) is 6. The summed E-state index contributed by atoms with van der Waals surface area (Å²) in [5.74, 6) is 1.46. The highest BCUT2D eigenvalue weighted by Crippen LogP contribution is 2.28. The first kappa shape index (κ1) is 16.8. The molecule has 2 N–H and O–H groups in total. The van der Waals surface area contributed by atoms with Crippen molar-refractivity contribution >= 4 is 22.8 Å². The summed E-state index contributed by atoms with van der Waals surface area (Å²) in [7, 11) is 2.87. The van der Waals surface area contributed by atoms with Crippen LogP contribution in [0.4, 0.5) is 5.82 Å². The Morgan fingerprint density at radius 1 is 1.24 bits per heavy atom. The number of methoxy groups -OCH3 is 2. The van der Waals surface area contributed by atoms with Crippen LogP contribution in [0.15, 0.2) is 30.5 Å². The summed E-state index contributed by atoms with van der Waals surface area (Å²) in [4.78, 5) is 23.9. The summed E-state index contributed by atoms with van der Waals surface area (Å²) in [6.07, 6.45) is 1.83. The van der Waals surface area contributed by atoms with Crippen molar-refractivity contribution < 1.29 is 14.3 Å². The van der Waals surface area contributed by atoms with Crippen molar-refractivity contribution in [1.29, 1.82) is 0 Å². The maximum Gasteiger partial charge on any atom is 0.341 e. The van der Waals surface area contributed by atoms with Gasteiger partial charge in [-0.2, -0.15) is 0 Å². The zero-order chi connectivity index (χ0) is 18.0. The molecule has 0 aliphatic heterocycles. The predicted molar refractivity (Wildman–Crippen MR) is 95.0 cm³/mol. The number of aromatic amines is 1. The number of nitrogens with one attached hydrogen (secondary N) is 2. The van der Waals surface area contributed by atoms with Gasteiger partial charge in [-0.25, -0.2) is 14.8 Å². The van der Waals surface area contributed by atoms with Crippen LogP contribution in [-0.4, -0.2) is 35.1 Å². The van der Waals surface area contributed by atoms with Crippen molar-refractivity contribution in [2.75, 3.05) is 19.5 Å². The molecule has 0 fully saturated rings. The molecular weight excluding hydrogens is 320 g/mol. The summed E-state index contributed by atoms with van der Waals surface area (Å²) in [5, 5.41) is 4.30. The molecule has 7 heteroatoms. The molecule has 0 saturated carbocycles. The highest BCUT2D eigenvalue weighted by Gasteiger charge is 2.17. The maximum absolute atomic E-state index is 12.0. The summed E-state index contributed by atoms with van der Waals surface area (Å²) in [5.41, 5.74) is 2.09. The number of benzene rings is 1. The van der Waals surface area contributed by atoms with Gasteiger partial charge in [-0.15, -0.1) is 0 Å². The quantitative estimate of drug-likeness (QED) is 0.693. The first-order valence-electron chi connectivity index (χ1n) is 7.88. The Labute approximate surface area is 145 Å². The average Bonchev–Trinajstić information content (AvgIpc) is 3.08. The molecule has 3 rings (SSSR count). The molecule has 130 valence electrons. The second-order valence-electron chi connectivity index (χ2n) is 5.68. The minimum absolute atomic E-state index is 0.0817. The number of rotatable bonds is 5. The van der Waals surface area contributed by atoms with E-state index in [1.165, 1.54) is 14.2 Å². The molecule has 1 aromatic carbocycles. The van der Waals surface area contributed by atoms with Crippen molar-refractivity contribution in [3.63, 3.8) is 0 Å². The third-order valence-electron chi connectivity index (χ3n) is 4.01. The van der Waals surface area contributed by atoms with Crippen LogP contribution in [0.25, 0.3) is 11.0 Å². The molecule has 0 radical (unpaired) electrons. The molecule has 0 amide bonds. The van der Waals surface area contributed by atoms with Crippen LogP contribution in [0.1, 0.15) is 34.7 Å². The minimum atomic E-state index is -0.434.